The van der Waals surface area contributed by atoms with Gasteiger partial charge in [-0.25, -0.2) is 0 Å². The normalized spacial score (nSPS) is 10.2. The summed E-state index contributed by atoms with van der Waals surface area (Å²) in [6.07, 6.45) is 0.441. The Morgan fingerprint density at radius 3 is 2.75 bits per heavy atom. The van der Waals surface area contributed by atoms with Crippen LogP contribution in [0, 0.1) is 11.3 Å². The van der Waals surface area contributed by atoms with Gasteiger partial charge in [0.25, 0.3) is 0 Å². The number of rotatable bonds is 2. The summed E-state index contributed by atoms with van der Waals surface area (Å²) in [6, 6.07) is 4.11. The summed E-state index contributed by atoms with van der Waals surface area (Å²) in [5.41, 5.74) is 2.05. The van der Waals surface area contributed by atoms with E-state index in [1.165, 1.54) is 0 Å². The van der Waals surface area contributed by atoms with Crippen LogP contribution in [0.25, 0.3) is 0 Å². The van der Waals surface area contributed by atoms with Crippen LogP contribution in [0.15, 0.2) is 6.07 Å². The van der Waals surface area contributed by atoms with E-state index in [4.69, 9.17) is 5.26 Å². The minimum Gasteiger partial charge on any atom is -0.271 e. The monoisotopic (exact) mass is 163 g/mol. The van der Waals surface area contributed by atoms with Gasteiger partial charge in [0.15, 0.2) is 0 Å². The van der Waals surface area contributed by atoms with Crippen LogP contribution >= 0.6 is 0 Å². The Balaban J connectivity index is 2.94. The fraction of sp³-hybridized carbons (Fsp3) is 0.556. The van der Waals surface area contributed by atoms with Gasteiger partial charge in [0.05, 0.1) is 23.9 Å². The molecular weight excluding hydrogens is 150 g/mol. The lowest BCUT2D eigenvalue weighted by Gasteiger charge is -1.95. The number of nitriles is 1. The predicted molar refractivity (Wildman–Crippen MR) is 46.6 cm³/mol. The highest BCUT2D eigenvalue weighted by Crippen LogP contribution is 2.13. The van der Waals surface area contributed by atoms with E-state index in [-0.39, 0.29) is 0 Å². The summed E-state index contributed by atoms with van der Waals surface area (Å²) in [6.45, 7) is 4.19. The Morgan fingerprint density at radius 1 is 1.67 bits per heavy atom. The van der Waals surface area contributed by atoms with Crippen molar-refractivity contribution >= 4 is 0 Å². The van der Waals surface area contributed by atoms with Crippen LogP contribution in [0.3, 0.4) is 0 Å². The molecule has 64 valence electrons. The molecule has 3 heteroatoms. The van der Waals surface area contributed by atoms with Crippen LogP contribution in [0.4, 0.5) is 0 Å². The zero-order valence-corrected chi connectivity index (χ0v) is 7.70. The summed E-state index contributed by atoms with van der Waals surface area (Å²) >= 11 is 0. The van der Waals surface area contributed by atoms with E-state index in [9.17, 15) is 0 Å². The number of aryl methyl sites for hydroxylation is 1. The second kappa shape index (κ2) is 3.40. The van der Waals surface area contributed by atoms with Crippen LogP contribution < -0.4 is 0 Å². The number of nitrogens with zero attached hydrogens (tertiary/aromatic N) is 3. The van der Waals surface area contributed by atoms with Gasteiger partial charge >= 0.3 is 0 Å². The van der Waals surface area contributed by atoms with Crippen molar-refractivity contribution in [1.82, 2.24) is 9.78 Å². The maximum atomic E-state index is 8.50. The van der Waals surface area contributed by atoms with Gasteiger partial charge in [-0.15, -0.1) is 0 Å². The highest BCUT2D eigenvalue weighted by molar-refractivity contribution is 5.15. The van der Waals surface area contributed by atoms with E-state index in [2.05, 4.69) is 25.0 Å². The molecule has 0 saturated carbocycles. The fourth-order valence-corrected chi connectivity index (χ4v) is 1.06. The van der Waals surface area contributed by atoms with E-state index in [1.807, 2.05) is 13.1 Å². The van der Waals surface area contributed by atoms with Crippen LogP contribution in [-0.4, -0.2) is 9.78 Å². The van der Waals surface area contributed by atoms with Crippen molar-refractivity contribution in [2.75, 3.05) is 0 Å². The van der Waals surface area contributed by atoms with Crippen molar-refractivity contribution in [1.29, 1.82) is 5.26 Å². The second-order valence-corrected chi connectivity index (χ2v) is 3.17. The van der Waals surface area contributed by atoms with Gasteiger partial charge in [0.1, 0.15) is 0 Å². The topological polar surface area (TPSA) is 41.6 Å². The van der Waals surface area contributed by atoms with E-state index >= 15 is 0 Å². The van der Waals surface area contributed by atoms with Crippen molar-refractivity contribution in [3.63, 3.8) is 0 Å². The molecule has 0 aliphatic rings. The molecule has 0 bridgehead atoms. The largest absolute Gasteiger partial charge is 0.271 e. The molecule has 0 radical (unpaired) electrons. The molecule has 0 fully saturated rings. The van der Waals surface area contributed by atoms with Crippen LogP contribution in [0.1, 0.15) is 31.2 Å². The molecule has 1 rings (SSSR count). The third-order valence-electron chi connectivity index (χ3n) is 1.85. The molecule has 12 heavy (non-hydrogen) atoms. The Bertz CT molecular complexity index is 304. The zero-order valence-electron chi connectivity index (χ0n) is 7.70. The Morgan fingerprint density at radius 2 is 2.33 bits per heavy atom. The van der Waals surface area contributed by atoms with Crippen LogP contribution in [-0.2, 0) is 13.5 Å². The van der Waals surface area contributed by atoms with E-state index in [0.29, 0.717) is 12.3 Å². The summed E-state index contributed by atoms with van der Waals surface area (Å²) < 4.78 is 1.78. The molecule has 0 N–H and O–H groups in total. The van der Waals surface area contributed by atoms with Gasteiger partial charge in [-0.3, -0.25) is 4.68 Å². The van der Waals surface area contributed by atoms with Gasteiger partial charge in [0, 0.05) is 7.05 Å². The molecule has 3 nitrogen and oxygen atoms in total. The molecule has 1 heterocycles. The van der Waals surface area contributed by atoms with E-state index in [0.717, 1.165) is 11.4 Å². The standard InChI is InChI=1S/C9H13N3/c1-7(2)9-6-8(4-5-10)12(3)11-9/h6-7H,4H2,1-3H3. The van der Waals surface area contributed by atoms with Gasteiger partial charge in [-0.2, -0.15) is 10.4 Å². The average Bonchev–Trinajstić information content (AvgIpc) is 2.34. The maximum Gasteiger partial charge on any atom is 0.0771 e. The molecular formula is C9H13N3. The number of hydrogen-bond acceptors (Lipinski definition) is 2. The Kier molecular flexibility index (Phi) is 2.49. The minimum absolute atomic E-state index is 0.434. The molecule has 0 aliphatic heterocycles. The van der Waals surface area contributed by atoms with Gasteiger partial charge in [-0.1, -0.05) is 13.8 Å². The highest BCUT2D eigenvalue weighted by Gasteiger charge is 2.06. The lowest BCUT2D eigenvalue weighted by molar-refractivity contribution is 0.692. The third-order valence-corrected chi connectivity index (χ3v) is 1.85. The summed E-state index contributed by atoms with van der Waals surface area (Å²) in [4.78, 5) is 0. The highest BCUT2D eigenvalue weighted by atomic mass is 15.3. The zero-order chi connectivity index (χ0) is 9.14. The minimum atomic E-state index is 0.434. The first-order valence-corrected chi connectivity index (χ1v) is 4.05. The summed E-state index contributed by atoms with van der Waals surface area (Å²) in [5, 5.41) is 12.8. The number of hydrogen-bond donors (Lipinski definition) is 0. The molecule has 0 unspecified atom stereocenters. The Labute approximate surface area is 72.6 Å². The summed E-state index contributed by atoms with van der Waals surface area (Å²) in [7, 11) is 1.87. The smallest absolute Gasteiger partial charge is 0.0771 e. The molecule has 0 aromatic carbocycles. The lowest BCUT2D eigenvalue weighted by Crippen LogP contribution is -1.97. The first-order chi connectivity index (χ1) is 5.65. The SMILES string of the molecule is CC(C)c1cc(CC#N)n(C)n1. The van der Waals surface area contributed by atoms with Gasteiger partial charge < -0.3 is 0 Å². The molecule has 1 aromatic heterocycles. The first kappa shape index (κ1) is 8.79. The quantitative estimate of drug-likeness (QED) is 0.664. The molecule has 1 aromatic rings. The first-order valence-electron chi connectivity index (χ1n) is 4.05. The van der Waals surface area contributed by atoms with E-state index in [1.54, 1.807) is 4.68 Å². The molecule has 0 atom stereocenters. The van der Waals surface area contributed by atoms with E-state index < -0.39 is 0 Å². The summed E-state index contributed by atoms with van der Waals surface area (Å²) in [5.74, 6) is 0.434. The van der Waals surface area contributed by atoms with Crippen molar-refractivity contribution in [2.45, 2.75) is 26.2 Å². The third kappa shape index (κ3) is 1.65. The fourth-order valence-electron chi connectivity index (χ4n) is 1.06. The second-order valence-electron chi connectivity index (χ2n) is 3.17. The molecule has 0 aliphatic carbocycles. The van der Waals surface area contributed by atoms with Crippen molar-refractivity contribution in [3.8, 4) is 6.07 Å². The Hall–Kier alpha value is -1.30. The lowest BCUT2D eigenvalue weighted by atomic mass is 10.1. The van der Waals surface area contributed by atoms with Crippen LogP contribution in [0.5, 0.6) is 0 Å². The van der Waals surface area contributed by atoms with Crippen molar-refractivity contribution < 1.29 is 0 Å². The molecule has 0 saturated heterocycles. The maximum absolute atomic E-state index is 8.50. The average molecular weight is 163 g/mol. The predicted octanol–water partition coefficient (Wildman–Crippen LogP) is 1.61. The van der Waals surface area contributed by atoms with Crippen LogP contribution in [0.2, 0.25) is 0 Å². The van der Waals surface area contributed by atoms with Gasteiger partial charge in [0.2, 0.25) is 0 Å². The van der Waals surface area contributed by atoms with Crippen molar-refractivity contribution in [2.24, 2.45) is 7.05 Å². The molecule has 0 amide bonds. The number of aromatic nitrogens is 2. The molecule has 0 spiro atoms. The van der Waals surface area contributed by atoms with Gasteiger partial charge in [-0.05, 0) is 12.0 Å². The van der Waals surface area contributed by atoms with Crippen molar-refractivity contribution in [3.05, 3.63) is 17.5 Å².